The van der Waals surface area contributed by atoms with Crippen LogP contribution in [0.3, 0.4) is 0 Å². The molecule has 1 aromatic carbocycles. The number of imidazole rings is 1. The number of thioether (sulfide) groups is 1. The second kappa shape index (κ2) is 6.27. The number of aromatic nitrogens is 4. The van der Waals surface area contributed by atoms with Crippen molar-refractivity contribution < 1.29 is 4.39 Å². The first kappa shape index (κ1) is 16.5. The summed E-state index contributed by atoms with van der Waals surface area (Å²) in [6.07, 6.45) is 0. The summed E-state index contributed by atoms with van der Waals surface area (Å²) in [5.74, 6) is 0.917. The fourth-order valence-electron chi connectivity index (χ4n) is 2.58. The topological polar surface area (TPSA) is 72.7 Å². The van der Waals surface area contributed by atoms with Crippen molar-refractivity contribution in [3.8, 4) is 0 Å². The molecule has 3 aromatic rings. The van der Waals surface area contributed by atoms with Crippen LogP contribution in [0.5, 0.6) is 0 Å². The summed E-state index contributed by atoms with van der Waals surface area (Å²) in [6.45, 7) is 1.92. The van der Waals surface area contributed by atoms with Gasteiger partial charge >= 0.3 is 5.69 Å². The van der Waals surface area contributed by atoms with Gasteiger partial charge in [0, 0.05) is 24.9 Å². The van der Waals surface area contributed by atoms with Gasteiger partial charge in [-0.05, 0) is 13.0 Å². The second-order valence-electron chi connectivity index (χ2n) is 5.55. The Bertz CT molecular complexity index is 1020. The van der Waals surface area contributed by atoms with Crippen molar-refractivity contribution in [2.24, 2.45) is 14.1 Å². The number of rotatable bonds is 4. The normalized spacial score (nSPS) is 12.7. The van der Waals surface area contributed by atoms with Gasteiger partial charge in [-0.2, -0.15) is 0 Å². The van der Waals surface area contributed by atoms with E-state index in [1.165, 1.54) is 22.4 Å². The number of aromatic amines is 1. The molecule has 24 heavy (non-hydrogen) atoms. The second-order valence-corrected chi connectivity index (χ2v) is 6.88. The molecule has 0 amide bonds. The van der Waals surface area contributed by atoms with E-state index in [2.05, 4.69) is 9.97 Å². The van der Waals surface area contributed by atoms with Crippen molar-refractivity contribution in [3.05, 3.63) is 62.3 Å². The first-order valence-electron chi connectivity index (χ1n) is 7.40. The lowest BCUT2D eigenvalue weighted by Gasteiger charge is -2.12. The molecule has 8 heteroatoms. The monoisotopic (exact) mass is 348 g/mol. The van der Waals surface area contributed by atoms with Crippen LogP contribution >= 0.6 is 11.8 Å². The molecule has 0 spiro atoms. The molecule has 1 atom stereocenters. The van der Waals surface area contributed by atoms with Crippen LogP contribution in [-0.4, -0.2) is 19.1 Å². The van der Waals surface area contributed by atoms with Crippen LogP contribution in [0.2, 0.25) is 0 Å². The minimum absolute atomic E-state index is 0.0619. The molecule has 0 aliphatic carbocycles. The molecule has 0 aliphatic heterocycles. The van der Waals surface area contributed by atoms with Gasteiger partial charge in [0.15, 0.2) is 11.2 Å². The molecule has 2 aromatic heterocycles. The molecule has 0 bridgehead atoms. The highest BCUT2D eigenvalue weighted by Gasteiger charge is 2.17. The predicted octanol–water partition coefficient (Wildman–Crippen LogP) is 2.09. The molecule has 0 unspecified atom stereocenters. The first-order chi connectivity index (χ1) is 11.4. The quantitative estimate of drug-likeness (QED) is 0.784. The van der Waals surface area contributed by atoms with E-state index < -0.39 is 11.2 Å². The Kier molecular flexibility index (Phi) is 4.31. The van der Waals surface area contributed by atoms with E-state index in [4.69, 9.17) is 0 Å². The minimum Gasteiger partial charge on any atom is -0.325 e. The fraction of sp³-hybridized carbons (Fsp3) is 0.312. The fourth-order valence-corrected chi connectivity index (χ4v) is 3.60. The number of halogens is 1. The number of hydrogen-bond donors (Lipinski definition) is 1. The number of H-pyrrole nitrogens is 1. The molecule has 0 saturated carbocycles. The Morgan fingerprint density at radius 2 is 1.96 bits per heavy atom. The summed E-state index contributed by atoms with van der Waals surface area (Å²) >= 11 is 1.52. The van der Waals surface area contributed by atoms with E-state index >= 15 is 0 Å². The van der Waals surface area contributed by atoms with Crippen LogP contribution in [0.1, 0.15) is 23.6 Å². The number of nitrogens with one attached hydrogen (secondary N) is 1. The molecule has 6 nitrogen and oxygen atoms in total. The van der Waals surface area contributed by atoms with Gasteiger partial charge in [-0.3, -0.25) is 14.3 Å². The van der Waals surface area contributed by atoms with Gasteiger partial charge in [-0.25, -0.2) is 14.2 Å². The van der Waals surface area contributed by atoms with E-state index in [9.17, 15) is 14.0 Å². The van der Waals surface area contributed by atoms with Crippen LogP contribution < -0.4 is 11.2 Å². The lowest BCUT2D eigenvalue weighted by molar-refractivity contribution is 0.611. The number of fused-ring (bicyclic) bond motifs is 1. The van der Waals surface area contributed by atoms with Gasteiger partial charge in [-0.1, -0.05) is 18.2 Å². The lowest BCUT2D eigenvalue weighted by Crippen LogP contribution is -2.29. The van der Waals surface area contributed by atoms with Gasteiger partial charge in [0.05, 0.1) is 5.75 Å². The summed E-state index contributed by atoms with van der Waals surface area (Å²) in [4.78, 5) is 30.4. The Balaban J connectivity index is 1.91. The third kappa shape index (κ3) is 2.77. The summed E-state index contributed by atoms with van der Waals surface area (Å²) < 4.78 is 16.8. The highest BCUT2D eigenvalue weighted by molar-refractivity contribution is 7.98. The predicted molar refractivity (Wildman–Crippen MR) is 92.7 cm³/mol. The highest BCUT2D eigenvalue weighted by Crippen LogP contribution is 2.32. The van der Waals surface area contributed by atoms with Gasteiger partial charge < -0.3 is 4.57 Å². The smallest absolute Gasteiger partial charge is 0.325 e. The lowest BCUT2D eigenvalue weighted by atomic mass is 10.1. The zero-order chi connectivity index (χ0) is 17.4. The van der Waals surface area contributed by atoms with Gasteiger partial charge in [0.2, 0.25) is 0 Å². The van der Waals surface area contributed by atoms with Crippen molar-refractivity contribution in [1.82, 2.24) is 19.1 Å². The maximum Gasteiger partial charge on any atom is 0.329 e. The first-order valence-corrected chi connectivity index (χ1v) is 8.45. The van der Waals surface area contributed by atoms with Crippen LogP contribution in [0.15, 0.2) is 33.9 Å². The molecular formula is C16H17FN4O2S. The Labute approximate surface area is 141 Å². The number of nitrogens with zero attached hydrogens (tertiary/aromatic N) is 3. The molecule has 3 rings (SSSR count). The van der Waals surface area contributed by atoms with Crippen LogP contribution in [0.25, 0.3) is 11.2 Å². The van der Waals surface area contributed by atoms with Gasteiger partial charge in [0.1, 0.15) is 11.6 Å². The molecule has 0 aliphatic rings. The Hall–Kier alpha value is -2.35. The van der Waals surface area contributed by atoms with Crippen molar-refractivity contribution in [2.75, 3.05) is 0 Å². The maximum atomic E-state index is 13.8. The van der Waals surface area contributed by atoms with Crippen molar-refractivity contribution >= 4 is 22.9 Å². The average molecular weight is 348 g/mol. The van der Waals surface area contributed by atoms with Crippen LogP contribution in [0, 0.1) is 5.82 Å². The molecule has 0 radical (unpaired) electrons. The standard InChI is InChI=1S/C16H17FN4O2S/c1-9(10-6-4-5-7-11(10)17)24-8-12-18-14-13(20(12)2)15(22)19-16(23)21(14)3/h4-7,9H,8H2,1-3H3,(H,19,22,23)/t9-/m1/s1. The van der Waals surface area contributed by atoms with Crippen LogP contribution in [0.4, 0.5) is 4.39 Å². The molecule has 1 N–H and O–H groups in total. The number of benzene rings is 1. The van der Waals surface area contributed by atoms with Crippen LogP contribution in [-0.2, 0) is 19.8 Å². The van der Waals surface area contributed by atoms with Crippen molar-refractivity contribution in [3.63, 3.8) is 0 Å². The summed E-state index contributed by atoms with van der Waals surface area (Å²) in [5.41, 5.74) is 0.379. The number of aryl methyl sites for hydroxylation is 2. The molecular weight excluding hydrogens is 331 g/mol. The zero-order valence-corrected chi connectivity index (χ0v) is 14.4. The highest BCUT2D eigenvalue weighted by atomic mass is 32.2. The average Bonchev–Trinajstić information content (AvgIpc) is 2.88. The molecule has 0 fully saturated rings. The SMILES string of the molecule is C[C@@H](SCc1nc2c(c(=O)[nH]c(=O)n2C)n1C)c1ccccc1F. The Morgan fingerprint density at radius 3 is 2.67 bits per heavy atom. The largest absolute Gasteiger partial charge is 0.329 e. The van der Waals surface area contributed by atoms with E-state index in [0.29, 0.717) is 28.3 Å². The summed E-state index contributed by atoms with van der Waals surface area (Å²) in [5, 5.41) is -0.0619. The van der Waals surface area contributed by atoms with Crippen molar-refractivity contribution in [2.45, 2.75) is 17.9 Å². The molecule has 0 saturated heterocycles. The third-order valence-electron chi connectivity index (χ3n) is 4.03. The Morgan fingerprint density at radius 1 is 1.25 bits per heavy atom. The number of hydrogen-bond acceptors (Lipinski definition) is 4. The van der Waals surface area contributed by atoms with E-state index in [1.54, 1.807) is 36.9 Å². The van der Waals surface area contributed by atoms with Gasteiger partial charge in [0.25, 0.3) is 5.56 Å². The zero-order valence-electron chi connectivity index (χ0n) is 13.5. The summed E-state index contributed by atoms with van der Waals surface area (Å²) in [6, 6.07) is 6.67. The maximum absolute atomic E-state index is 13.8. The summed E-state index contributed by atoms with van der Waals surface area (Å²) in [7, 11) is 3.30. The molecule has 2 heterocycles. The molecule has 126 valence electrons. The van der Waals surface area contributed by atoms with E-state index in [0.717, 1.165) is 0 Å². The van der Waals surface area contributed by atoms with E-state index in [-0.39, 0.29) is 11.1 Å². The van der Waals surface area contributed by atoms with Crippen molar-refractivity contribution in [1.29, 1.82) is 0 Å². The third-order valence-corrected chi connectivity index (χ3v) is 5.21. The van der Waals surface area contributed by atoms with Gasteiger partial charge in [-0.15, -0.1) is 11.8 Å². The van der Waals surface area contributed by atoms with E-state index in [1.807, 2.05) is 6.92 Å². The minimum atomic E-state index is -0.496.